The first kappa shape index (κ1) is 19.3. The number of esters is 1. The van der Waals surface area contributed by atoms with Crippen LogP contribution < -0.4 is 4.90 Å². The van der Waals surface area contributed by atoms with Crippen LogP contribution in [-0.4, -0.2) is 35.9 Å². The van der Waals surface area contributed by atoms with Gasteiger partial charge in [0.2, 0.25) is 0 Å². The number of rotatable bonds is 6. The van der Waals surface area contributed by atoms with E-state index in [2.05, 4.69) is 15.9 Å². The normalized spacial score (nSPS) is 18.3. The Morgan fingerprint density at radius 1 is 1.15 bits per heavy atom. The van der Waals surface area contributed by atoms with Crippen LogP contribution in [0.15, 0.2) is 53.0 Å². The zero-order chi connectivity index (χ0) is 19.6. The van der Waals surface area contributed by atoms with Crippen LogP contribution in [0, 0.1) is 0 Å². The van der Waals surface area contributed by atoms with E-state index in [1.165, 1.54) is 4.90 Å². The molecule has 2 aromatic carbocycles. The summed E-state index contributed by atoms with van der Waals surface area (Å²) in [6, 6.07) is 13.3. The zero-order valence-electron chi connectivity index (χ0n) is 14.6. The summed E-state index contributed by atoms with van der Waals surface area (Å²) in [5.41, 5.74) is -0.917. The third-order valence-electron chi connectivity index (χ3n) is 4.41. The number of nitrogens with zero attached hydrogens (tertiary/aromatic N) is 1. The fourth-order valence-corrected chi connectivity index (χ4v) is 3.40. The van der Waals surface area contributed by atoms with Gasteiger partial charge < -0.3 is 9.84 Å². The fourth-order valence-electron chi connectivity index (χ4n) is 3.14. The standard InChI is InChI=1S/C20H18BrNO5/c1-2-27-18(24)12-22-16-6-4-3-5-15(16)20(26,19(22)25)11-17(23)13-7-9-14(21)10-8-13/h3-10,26H,2,11-12H2,1H3. The quantitative estimate of drug-likeness (QED) is 0.561. The van der Waals surface area contributed by atoms with Gasteiger partial charge in [-0.05, 0) is 25.1 Å². The summed E-state index contributed by atoms with van der Waals surface area (Å²) < 4.78 is 5.73. The van der Waals surface area contributed by atoms with E-state index in [-0.39, 0.29) is 18.9 Å². The van der Waals surface area contributed by atoms with E-state index < -0.39 is 23.9 Å². The number of fused-ring (bicyclic) bond motifs is 1. The van der Waals surface area contributed by atoms with Crippen molar-refractivity contribution in [2.24, 2.45) is 0 Å². The molecule has 2 aromatic rings. The van der Waals surface area contributed by atoms with Crippen molar-refractivity contribution in [1.29, 1.82) is 0 Å². The largest absolute Gasteiger partial charge is 0.465 e. The number of ketones is 1. The van der Waals surface area contributed by atoms with E-state index in [0.29, 0.717) is 16.8 Å². The van der Waals surface area contributed by atoms with Crippen molar-refractivity contribution in [3.63, 3.8) is 0 Å². The highest BCUT2D eigenvalue weighted by Gasteiger charge is 2.51. The van der Waals surface area contributed by atoms with Gasteiger partial charge in [0.15, 0.2) is 11.4 Å². The van der Waals surface area contributed by atoms with E-state index in [0.717, 1.165) is 4.47 Å². The molecule has 6 nitrogen and oxygen atoms in total. The van der Waals surface area contributed by atoms with Crippen molar-refractivity contribution < 1.29 is 24.2 Å². The summed E-state index contributed by atoms with van der Waals surface area (Å²) in [6.45, 7) is 1.54. The monoisotopic (exact) mass is 431 g/mol. The minimum atomic E-state index is -2.02. The number of anilines is 1. The highest BCUT2D eigenvalue weighted by Crippen LogP contribution is 2.42. The summed E-state index contributed by atoms with van der Waals surface area (Å²) in [6.07, 6.45) is -0.413. The van der Waals surface area contributed by atoms with Gasteiger partial charge in [0.05, 0.1) is 18.7 Å². The van der Waals surface area contributed by atoms with E-state index in [1.54, 1.807) is 55.5 Å². The lowest BCUT2D eigenvalue weighted by atomic mass is 9.88. The first-order valence-electron chi connectivity index (χ1n) is 8.45. The van der Waals surface area contributed by atoms with Gasteiger partial charge in [0.1, 0.15) is 6.54 Å². The molecule has 27 heavy (non-hydrogen) atoms. The molecule has 1 aliphatic rings. The highest BCUT2D eigenvalue weighted by atomic mass is 79.9. The second kappa shape index (κ2) is 7.62. The maximum atomic E-state index is 13.0. The Labute approximate surface area is 164 Å². The van der Waals surface area contributed by atoms with Crippen molar-refractivity contribution in [3.05, 3.63) is 64.1 Å². The molecule has 1 atom stereocenters. The van der Waals surface area contributed by atoms with E-state index in [1.807, 2.05) is 0 Å². The summed E-state index contributed by atoms with van der Waals surface area (Å²) in [5, 5.41) is 11.1. The molecule has 0 saturated carbocycles. The van der Waals surface area contributed by atoms with Crippen molar-refractivity contribution in [1.82, 2.24) is 0 Å². The average molecular weight is 432 g/mol. The van der Waals surface area contributed by atoms with Gasteiger partial charge in [-0.2, -0.15) is 0 Å². The topological polar surface area (TPSA) is 83.9 Å². The number of aliphatic hydroxyl groups is 1. The molecule has 1 N–H and O–H groups in total. The van der Waals surface area contributed by atoms with Gasteiger partial charge in [-0.15, -0.1) is 0 Å². The van der Waals surface area contributed by atoms with E-state index in [4.69, 9.17) is 4.74 Å². The van der Waals surface area contributed by atoms with Crippen LogP contribution in [0.4, 0.5) is 5.69 Å². The van der Waals surface area contributed by atoms with Crippen molar-refractivity contribution in [3.8, 4) is 0 Å². The van der Waals surface area contributed by atoms with Crippen molar-refractivity contribution in [2.45, 2.75) is 18.9 Å². The molecule has 7 heteroatoms. The predicted molar refractivity (Wildman–Crippen MR) is 102 cm³/mol. The minimum Gasteiger partial charge on any atom is -0.465 e. The number of carbonyl (C=O) groups excluding carboxylic acids is 3. The molecule has 1 amide bonds. The molecule has 0 bridgehead atoms. The second-order valence-corrected chi connectivity index (χ2v) is 7.10. The molecule has 0 spiro atoms. The molecule has 0 aromatic heterocycles. The average Bonchev–Trinajstić information content (AvgIpc) is 2.85. The van der Waals surface area contributed by atoms with E-state index in [9.17, 15) is 19.5 Å². The third-order valence-corrected chi connectivity index (χ3v) is 4.94. The smallest absolute Gasteiger partial charge is 0.326 e. The lowest BCUT2D eigenvalue weighted by molar-refractivity contribution is -0.144. The van der Waals surface area contributed by atoms with Gasteiger partial charge in [-0.3, -0.25) is 19.3 Å². The number of ether oxygens (including phenoxy) is 1. The molecule has 1 heterocycles. The SMILES string of the molecule is CCOC(=O)CN1C(=O)C(O)(CC(=O)c2ccc(Br)cc2)c2ccccc21. The van der Waals surface area contributed by atoms with Crippen LogP contribution in [0.2, 0.25) is 0 Å². The van der Waals surface area contributed by atoms with Crippen LogP contribution in [0.5, 0.6) is 0 Å². The number of hydrogen-bond donors (Lipinski definition) is 1. The number of carbonyl (C=O) groups is 3. The van der Waals surface area contributed by atoms with Gasteiger partial charge in [-0.1, -0.05) is 46.3 Å². The number of halogens is 1. The molecule has 0 aliphatic carbocycles. The zero-order valence-corrected chi connectivity index (χ0v) is 16.2. The van der Waals surface area contributed by atoms with Gasteiger partial charge in [0.25, 0.3) is 5.91 Å². The number of amides is 1. The van der Waals surface area contributed by atoms with Crippen LogP contribution in [0.1, 0.15) is 29.3 Å². The fraction of sp³-hybridized carbons (Fsp3) is 0.250. The maximum Gasteiger partial charge on any atom is 0.326 e. The Morgan fingerprint density at radius 2 is 1.81 bits per heavy atom. The summed E-state index contributed by atoms with van der Waals surface area (Å²) >= 11 is 3.30. The Balaban J connectivity index is 1.92. The number of Topliss-reactive ketones (excluding diaryl/α,β-unsaturated/α-hetero) is 1. The summed E-state index contributed by atoms with van der Waals surface area (Å²) in [5.74, 6) is -1.66. The van der Waals surface area contributed by atoms with Crippen LogP contribution in [0.25, 0.3) is 0 Å². The third kappa shape index (κ3) is 3.65. The maximum absolute atomic E-state index is 13.0. The Kier molecular flexibility index (Phi) is 5.43. The first-order valence-corrected chi connectivity index (χ1v) is 9.24. The predicted octanol–water partition coefficient (Wildman–Crippen LogP) is 2.82. The van der Waals surface area contributed by atoms with Crippen LogP contribution in [0.3, 0.4) is 0 Å². The Bertz CT molecular complexity index is 896. The number of para-hydroxylation sites is 1. The molecule has 140 valence electrons. The highest BCUT2D eigenvalue weighted by molar-refractivity contribution is 9.10. The molecular weight excluding hydrogens is 414 g/mol. The van der Waals surface area contributed by atoms with Crippen molar-refractivity contribution in [2.75, 3.05) is 18.1 Å². The molecule has 0 fully saturated rings. The molecule has 0 radical (unpaired) electrons. The molecule has 0 saturated heterocycles. The molecule has 1 aliphatic heterocycles. The minimum absolute atomic E-state index is 0.189. The van der Waals surface area contributed by atoms with Gasteiger partial charge >= 0.3 is 5.97 Å². The lowest BCUT2D eigenvalue weighted by Gasteiger charge is -2.22. The van der Waals surface area contributed by atoms with E-state index >= 15 is 0 Å². The molecule has 1 unspecified atom stereocenters. The van der Waals surface area contributed by atoms with Crippen molar-refractivity contribution >= 4 is 39.3 Å². The molecular formula is C20H18BrNO5. The second-order valence-electron chi connectivity index (χ2n) is 6.18. The Morgan fingerprint density at radius 3 is 2.48 bits per heavy atom. The van der Waals surface area contributed by atoms with Gasteiger partial charge in [0, 0.05) is 15.6 Å². The van der Waals surface area contributed by atoms with Crippen LogP contribution in [-0.2, 0) is 19.9 Å². The van der Waals surface area contributed by atoms with Gasteiger partial charge in [-0.25, -0.2) is 0 Å². The first-order chi connectivity index (χ1) is 12.9. The van der Waals surface area contributed by atoms with Crippen LogP contribution >= 0.6 is 15.9 Å². The summed E-state index contributed by atoms with van der Waals surface area (Å²) in [4.78, 5) is 38.7. The number of hydrogen-bond acceptors (Lipinski definition) is 5. The summed E-state index contributed by atoms with van der Waals surface area (Å²) in [7, 11) is 0. The lowest BCUT2D eigenvalue weighted by Crippen LogP contribution is -2.44. The number of benzene rings is 2. The Hall–Kier alpha value is -2.51. The molecule has 3 rings (SSSR count).